The molecule has 1 aromatic carbocycles. The Kier molecular flexibility index (Phi) is 4.12. The molecular formula is C14H16O6. The predicted octanol–water partition coefficient (Wildman–Crippen LogP) is 1.90. The number of hydrogen-bond donors (Lipinski definition) is 1. The number of benzene rings is 1. The normalized spacial score (nSPS) is 17.1. The van der Waals surface area contributed by atoms with E-state index in [1.807, 2.05) is 6.92 Å². The smallest absolute Gasteiger partial charge is 0.345 e. The Morgan fingerprint density at radius 1 is 1.35 bits per heavy atom. The summed E-state index contributed by atoms with van der Waals surface area (Å²) in [5, 5.41) is 9.03. The molecule has 0 saturated heterocycles. The van der Waals surface area contributed by atoms with E-state index in [0.29, 0.717) is 24.5 Å². The summed E-state index contributed by atoms with van der Waals surface area (Å²) >= 11 is 0. The van der Waals surface area contributed by atoms with Gasteiger partial charge in [0.05, 0.1) is 25.2 Å². The zero-order valence-electron chi connectivity index (χ0n) is 11.3. The number of Topliss-reactive ketones (excluding diaryl/α,β-unsaturated/α-hetero) is 1. The summed E-state index contributed by atoms with van der Waals surface area (Å²) in [5.74, 6) is -0.574. The number of ketones is 1. The van der Waals surface area contributed by atoms with Crippen molar-refractivity contribution in [1.82, 2.24) is 0 Å². The van der Waals surface area contributed by atoms with Gasteiger partial charge in [0.2, 0.25) is 11.9 Å². The van der Waals surface area contributed by atoms with Crippen LogP contribution >= 0.6 is 0 Å². The van der Waals surface area contributed by atoms with Gasteiger partial charge in [-0.2, -0.15) is 0 Å². The number of hydrogen-bond acceptors (Lipinski definition) is 5. The molecular weight excluding hydrogens is 264 g/mol. The van der Waals surface area contributed by atoms with Crippen LogP contribution in [-0.2, 0) is 4.79 Å². The molecule has 1 aliphatic rings. The molecule has 0 bridgehead atoms. The number of aliphatic carboxylic acids is 1. The van der Waals surface area contributed by atoms with Crippen LogP contribution < -0.4 is 14.2 Å². The van der Waals surface area contributed by atoms with Crippen molar-refractivity contribution in [2.45, 2.75) is 26.4 Å². The highest BCUT2D eigenvalue weighted by Gasteiger charge is 2.34. The van der Waals surface area contributed by atoms with Crippen LogP contribution in [0.4, 0.5) is 0 Å². The summed E-state index contributed by atoms with van der Waals surface area (Å²) in [6.07, 6.45) is -1.37. The van der Waals surface area contributed by atoms with Crippen LogP contribution in [0.1, 0.15) is 30.6 Å². The first-order valence-corrected chi connectivity index (χ1v) is 6.43. The van der Waals surface area contributed by atoms with Crippen molar-refractivity contribution in [3.8, 4) is 17.2 Å². The molecule has 20 heavy (non-hydrogen) atoms. The molecule has 0 aromatic heterocycles. The van der Waals surface area contributed by atoms with Crippen molar-refractivity contribution in [3.05, 3.63) is 17.7 Å². The average molecular weight is 280 g/mol. The summed E-state index contributed by atoms with van der Waals surface area (Å²) < 4.78 is 16.3. The molecule has 1 N–H and O–H groups in total. The minimum atomic E-state index is -1.19. The number of carboxylic acids is 1. The molecule has 0 spiro atoms. The quantitative estimate of drug-likeness (QED) is 0.887. The van der Waals surface area contributed by atoms with Gasteiger partial charge in [-0.25, -0.2) is 4.79 Å². The molecule has 2 rings (SSSR count). The fraction of sp³-hybridized carbons (Fsp3) is 0.429. The highest BCUT2D eigenvalue weighted by atomic mass is 16.6. The van der Waals surface area contributed by atoms with E-state index in [1.165, 1.54) is 0 Å². The second-order valence-electron chi connectivity index (χ2n) is 4.21. The van der Waals surface area contributed by atoms with Gasteiger partial charge in [-0.1, -0.05) is 0 Å². The molecule has 0 fully saturated rings. The minimum absolute atomic E-state index is 0.154. The Morgan fingerprint density at radius 3 is 2.65 bits per heavy atom. The fourth-order valence-electron chi connectivity index (χ4n) is 2.03. The standard InChI is InChI=1S/C14H16O6/c1-3-18-10-6-5-8-9(15)7-11(14(16)17)20-12(8)13(10)19-4-2/h5-6,11H,3-4,7H2,1-2H3,(H,16,17). The minimum Gasteiger partial charge on any atom is -0.490 e. The number of carboxylic acid groups (broad SMARTS) is 1. The lowest BCUT2D eigenvalue weighted by Gasteiger charge is -2.25. The lowest BCUT2D eigenvalue weighted by Crippen LogP contribution is -2.34. The van der Waals surface area contributed by atoms with Crippen molar-refractivity contribution in [3.63, 3.8) is 0 Å². The van der Waals surface area contributed by atoms with Crippen LogP contribution in [0.5, 0.6) is 17.2 Å². The van der Waals surface area contributed by atoms with Crippen molar-refractivity contribution < 1.29 is 28.9 Å². The van der Waals surface area contributed by atoms with Crippen molar-refractivity contribution in [2.24, 2.45) is 0 Å². The number of carbonyl (C=O) groups excluding carboxylic acids is 1. The summed E-state index contributed by atoms with van der Waals surface area (Å²) in [6, 6.07) is 3.21. The summed E-state index contributed by atoms with van der Waals surface area (Å²) in [7, 11) is 0. The van der Waals surface area contributed by atoms with E-state index in [4.69, 9.17) is 19.3 Å². The highest BCUT2D eigenvalue weighted by Crippen LogP contribution is 2.43. The zero-order valence-corrected chi connectivity index (χ0v) is 11.3. The Bertz CT molecular complexity index is 537. The molecule has 6 heteroatoms. The van der Waals surface area contributed by atoms with Gasteiger partial charge < -0.3 is 19.3 Å². The molecule has 1 unspecified atom stereocenters. The van der Waals surface area contributed by atoms with E-state index in [9.17, 15) is 9.59 Å². The van der Waals surface area contributed by atoms with Crippen LogP contribution in [0, 0.1) is 0 Å². The zero-order chi connectivity index (χ0) is 14.7. The van der Waals surface area contributed by atoms with Gasteiger partial charge in [-0.3, -0.25) is 4.79 Å². The van der Waals surface area contributed by atoms with E-state index in [2.05, 4.69) is 0 Å². The lowest BCUT2D eigenvalue weighted by atomic mass is 10.00. The van der Waals surface area contributed by atoms with E-state index in [-0.39, 0.29) is 23.7 Å². The number of ether oxygens (including phenoxy) is 3. The third kappa shape index (κ3) is 2.54. The van der Waals surface area contributed by atoms with Gasteiger partial charge in [0.15, 0.2) is 17.3 Å². The van der Waals surface area contributed by atoms with Gasteiger partial charge in [0, 0.05) is 0 Å². The summed E-state index contributed by atoms with van der Waals surface area (Å²) in [4.78, 5) is 23.0. The molecule has 108 valence electrons. The van der Waals surface area contributed by atoms with Gasteiger partial charge in [-0.05, 0) is 26.0 Å². The second kappa shape index (κ2) is 5.81. The molecule has 0 aliphatic carbocycles. The van der Waals surface area contributed by atoms with E-state index in [1.54, 1.807) is 19.1 Å². The van der Waals surface area contributed by atoms with Crippen molar-refractivity contribution >= 4 is 11.8 Å². The largest absolute Gasteiger partial charge is 0.490 e. The van der Waals surface area contributed by atoms with Gasteiger partial charge >= 0.3 is 5.97 Å². The molecule has 6 nitrogen and oxygen atoms in total. The number of carbonyl (C=O) groups is 2. The molecule has 1 aromatic rings. The van der Waals surface area contributed by atoms with E-state index in [0.717, 1.165) is 0 Å². The maximum absolute atomic E-state index is 12.0. The van der Waals surface area contributed by atoms with Crippen molar-refractivity contribution in [1.29, 1.82) is 0 Å². The van der Waals surface area contributed by atoms with Gasteiger partial charge in [0.1, 0.15) is 0 Å². The third-order valence-corrected chi connectivity index (χ3v) is 2.87. The van der Waals surface area contributed by atoms with Crippen LogP contribution in [0.3, 0.4) is 0 Å². The lowest BCUT2D eigenvalue weighted by molar-refractivity contribution is -0.145. The molecule has 1 heterocycles. The highest BCUT2D eigenvalue weighted by molar-refractivity contribution is 6.03. The topological polar surface area (TPSA) is 82.1 Å². The first kappa shape index (κ1) is 14.2. The first-order valence-electron chi connectivity index (χ1n) is 6.43. The van der Waals surface area contributed by atoms with Gasteiger partial charge in [-0.15, -0.1) is 0 Å². The first-order chi connectivity index (χ1) is 9.58. The molecule has 1 atom stereocenters. The Balaban J connectivity index is 2.50. The SMILES string of the molecule is CCOc1ccc2c(c1OCC)OC(C(=O)O)CC2=O. The van der Waals surface area contributed by atoms with E-state index >= 15 is 0 Å². The Hall–Kier alpha value is -2.24. The van der Waals surface area contributed by atoms with Crippen LogP contribution in [0.15, 0.2) is 12.1 Å². The number of rotatable bonds is 5. The Labute approximate surface area is 116 Å². The summed E-state index contributed by atoms with van der Waals surface area (Å²) in [6.45, 7) is 4.39. The van der Waals surface area contributed by atoms with Gasteiger partial charge in [0.25, 0.3) is 0 Å². The fourth-order valence-corrected chi connectivity index (χ4v) is 2.03. The number of fused-ring (bicyclic) bond motifs is 1. The van der Waals surface area contributed by atoms with E-state index < -0.39 is 12.1 Å². The van der Waals surface area contributed by atoms with Crippen LogP contribution in [-0.4, -0.2) is 36.2 Å². The molecule has 0 saturated carbocycles. The molecule has 0 radical (unpaired) electrons. The maximum atomic E-state index is 12.0. The molecule has 0 amide bonds. The van der Waals surface area contributed by atoms with Crippen LogP contribution in [0.2, 0.25) is 0 Å². The average Bonchev–Trinajstić information content (AvgIpc) is 2.41. The van der Waals surface area contributed by atoms with Crippen LogP contribution in [0.25, 0.3) is 0 Å². The molecule has 1 aliphatic heterocycles. The summed E-state index contributed by atoms with van der Waals surface area (Å²) in [5.41, 5.74) is 0.328. The second-order valence-corrected chi connectivity index (χ2v) is 4.21. The predicted molar refractivity (Wildman–Crippen MR) is 69.8 cm³/mol. The third-order valence-electron chi connectivity index (χ3n) is 2.87. The monoisotopic (exact) mass is 280 g/mol. The van der Waals surface area contributed by atoms with Crippen molar-refractivity contribution in [2.75, 3.05) is 13.2 Å². The Morgan fingerprint density at radius 2 is 2.05 bits per heavy atom. The maximum Gasteiger partial charge on any atom is 0.345 e.